The van der Waals surface area contributed by atoms with Gasteiger partial charge in [-0.05, 0) is 25.5 Å². The van der Waals surface area contributed by atoms with Crippen LogP contribution < -0.4 is 11.3 Å². The van der Waals surface area contributed by atoms with Gasteiger partial charge < -0.3 is 4.74 Å². The van der Waals surface area contributed by atoms with Gasteiger partial charge in [-0.3, -0.25) is 10.2 Å². The second kappa shape index (κ2) is 6.80. The van der Waals surface area contributed by atoms with Crippen molar-refractivity contribution < 1.29 is 13.9 Å². The predicted octanol–water partition coefficient (Wildman–Crippen LogP) is 3.13. The molecule has 0 saturated heterocycles. The maximum Gasteiger partial charge on any atom is 0.275 e. The molecule has 0 saturated carbocycles. The van der Waals surface area contributed by atoms with Crippen LogP contribution in [0, 0.1) is 5.82 Å². The summed E-state index contributed by atoms with van der Waals surface area (Å²) < 4.78 is 20.3. The highest BCUT2D eigenvalue weighted by Gasteiger charge is 2.20. The van der Waals surface area contributed by atoms with Crippen LogP contribution in [0.3, 0.4) is 0 Å². The highest BCUT2D eigenvalue weighted by Crippen LogP contribution is 2.33. The van der Waals surface area contributed by atoms with Gasteiger partial charge in [0.05, 0.1) is 13.2 Å². The number of carbonyl (C=O) groups is 1. The van der Waals surface area contributed by atoms with E-state index in [2.05, 4.69) is 12.0 Å². The highest BCUT2D eigenvalue weighted by molar-refractivity contribution is 7.21. The van der Waals surface area contributed by atoms with E-state index in [9.17, 15) is 9.18 Å². The minimum Gasteiger partial charge on any atom is -0.376 e. The molecule has 2 rings (SSSR count). The first-order chi connectivity index (χ1) is 10.0. The Morgan fingerprint density at radius 2 is 2.29 bits per heavy atom. The van der Waals surface area contributed by atoms with E-state index in [4.69, 9.17) is 10.6 Å². The minimum absolute atomic E-state index is 0.164. The molecule has 1 heterocycles. The van der Waals surface area contributed by atoms with Gasteiger partial charge in [0, 0.05) is 15.6 Å². The molecule has 1 amide bonds. The van der Waals surface area contributed by atoms with E-state index in [1.54, 1.807) is 12.1 Å². The van der Waals surface area contributed by atoms with Crippen LogP contribution in [0.4, 0.5) is 4.39 Å². The Labute approximate surface area is 126 Å². The number of hydrogen-bond donors (Lipinski definition) is 2. The van der Waals surface area contributed by atoms with E-state index in [-0.39, 0.29) is 12.4 Å². The minimum atomic E-state index is -0.436. The smallest absolute Gasteiger partial charge is 0.275 e. The third-order valence-electron chi connectivity index (χ3n) is 3.02. The average molecular weight is 308 g/mol. The molecule has 0 aliphatic rings. The largest absolute Gasteiger partial charge is 0.376 e. The molecule has 0 bridgehead atoms. The van der Waals surface area contributed by atoms with Gasteiger partial charge in [-0.15, -0.1) is 17.9 Å². The lowest BCUT2D eigenvalue weighted by atomic mass is 10.1. The van der Waals surface area contributed by atoms with Crippen molar-refractivity contribution in [3.8, 4) is 0 Å². The number of fused-ring (bicyclic) bond motifs is 1. The molecule has 6 heteroatoms. The standard InChI is InChI=1S/C15H17FN2O2S/c1-9(2)6-7-20-8-10-13-11(16)4-3-5-12(13)21-14(10)15(19)18-17/h3-5H,1,6-8,17H2,2H3,(H,18,19). The van der Waals surface area contributed by atoms with E-state index in [0.717, 1.165) is 12.0 Å². The molecule has 0 radical (unpaired) electrons. The summed E-state index contributed by atoms with van der Waals surface area (Å²) in [5, 5.41) is 0.427. The summed E-state index contributed by atoms with van der Waals surface area (Å²) in [6, 6.07) is 4.76. The monoisotopic (exact) mass is 308 g/mol. The third kappa shape index (κ3) is 3.47. The van der Waals surface area contributed by atoms with Crippen molar-refractivity contribution in [3.63, 3.8) is 0 Å². The molecule has 1 aromatic carbocycles. The molecule has 0 aliphatic carbocycles. The van der Waals surface area contributed by atoms with Gasteiger partial charge in [0.1, 0.15) is 10.7 Å². The van der Waals surface area contributed by atoms with Crippen LogP contribution in [0.5, 0.6) is 0 Å². The van der Waals surface area contributed by atoms with Gasteiger partial charge in [-0.25, -0.2) is 10.2 Å². The molecule has 21 heavy (non-hydrogen) atoms. The topological polar surface area (TPSA) is 64.3 Å². The van der Waals surface area contributed by atoms with Crippen LogP contribution in [0.1, 0.15) is 28.6 Å². The number of halogens is 1. The van der Waals surface area contributed by atoms with E-state index in [1.165, 1.54) is 17.4 Å². The van der Waals surface area contributed by atoms with Crippen molar-refractivity contribution in [2.45, 2.75) is 20.0 Å². The number of nitrogens with one attached hydrogen (secondary N) is 1. The van der Waals surface area contributed by atoms with Gasteiger partial charge in [0.2, 0.25) is 0 Å². The number of carbonyl (C=O) groups excluding carboxylic acids is 1. The van der Waals surface area contributed by atoms with Crippen molar-refractivity contribution in [2.24, 2.45) is 5.84 Å². The number of thiophene rings is 1. The number of nitrogens with two attached hydrogens (primary N) is 1. The van der Waals surface area contributed by atoms with Crippen LogP contribution in [-0.2, 0) is 11.3 Å². The van der Waals surface area contributed by atoms with E-state index < -0.39 is 5.91 Å². The lowest BCUT2D eigenvalue weighted by Gasteiger charge is -2.06. The molecule has 2 aromatic rings. The lowest BCUT2D eigenvalue weighted by Crippen LogP contribution is -2.30. The normalized spacial score (nSPS) is 10.8. The molecule has 3 N–H and O–H groups in total. The lowest BCUT2D eigenvalue weighted by molar-refractivity contribution is 0.0946. The Bertz CT molecular complexity index is 682. The second-order valence-corrected chi connectivity index (χ2v) is 5.81. The van der Waals surface area contributed by atoms with Crippen LogP contribution in [0.2, 0.25) is 0 Å². The van der Waals surface area contributed by atoms with Gasteiger partial charge in [0.25, 0.3) is 5.91 Å². The maximum atomic E-state index is 14.0. The molecule has 0 unspecified atom stereocenters. The number of hydrogen-bond acceptors (Lipinski definition) is 4. The highest BCUT2D eigenvalue weighted by atomic mass is 32.1. The van der Waals surface area contributed by atoms with E-state index in [1.807, 2.05) is 6.92 Å². The summed E-state index contributed by atoms with van der Waals surface area (Å²) in [6.07, 6.45) is 0.725. The fourth-order valence-corrected chi connectivity index (χ4v) is 3.10. The Kier molecular flexibility index (Phi) is 5.06. The molecule has 4 nitrogen and oxygen atoms in total. The number of benzene rings is 1. The Morgan fingerprint density at radius 3 is 2.95 bits per heavy atom. The Hall–Kier alpha value is -1.76. The van der Waals surface area contributed by atoms with E-state index >= 15 is 0 Å². The van der Waals surface area contributed by atoms with E-state index in [0.29, 0.717) is 27.1 Å². The summed E-state index contributed by atoms with van der Waals surface area (Å²) in [5.74, 6) is 4.39. The van der Waals surface area contributed by atoms with Gasteiger partial charge in [0.15, 0.2) is 0 Å². The van der Waals surface area contributed by atoms with Crippen LogP contribution in [-0.4, -0.2) is 12.5 Å². The van der Waals surface area contributed by atoms with Gasteiger partial charge in [-0.1, -0.05) is 11.6 Å². The molecule has 0 spiro atoms. The average Bonchev–Trinajstić information content (AvgIpc) is 2.82. The number of ether oxygens (including phenoxy) is 1. The zero-order valence-corrected chi connectivity index (χ0v) is 12.6. The summed E-state index contributed by atoms with van der Waals surface area (Å²) >= 11 is 1.21. The number of nitrogen functional groups attached to an aromatic ring is 1. The van der Waals surface area contributed by atoms with Crippen molar-refractivity contribution in [3.05, 3.63) is 46.6 Å². The first-order valence-electron chi connectivity index (χ1n) is 6.47. The Morgan fingerprint density at radius 1 is 1.52 bits per heavy atom. The molecular formula is C15H17FN2O2S. The molecule has 0 atom stereocenters. The van der Waals surface area contributed by atoms with Crippen molar-refractivity contribution >= 4 is 27.3 Å². The summed E-state index contributed by atoms with van der Waals surface area (Å²) in [7, 11) is 0. The van der Waals surface area contributed by atoms with Crippen LogP contribution in [0.15, 0.2) is 30.4 Å². The van der Waals surface area contributed by atoms with Crippen molar-refractivity contribution in [2.75, 3.05) is 6.61 Å². The van der Waals surface area contributed by atoms with Crippen molar-refractivity contribution in [1.29, 1.82) is 0 Å². The molecule has 0 aliphatic heterocycles. The summed E-state index contributed by atoms with van der Waals surface area (Å²) in [6.45, 7) is 6.35. The molecule has 0 fully saturated rings. The number of hydrazine groups is 1. The molecule has 1 aromatic heterocycles. The fraction of sp³-hybridized carbons (Fsp3) is 0.267. The maximum absolute atomic E-state index is 14.0. The van der Waals surface area contributed by atoms with Gasteiger partial charge >= 0.3 is 0 Å². The van der Waals surface area contributed by atoms with Gasteiger partial charge in [-0.2, -0.15) is 0 Å². The SMILES string of the molecule is C=C(C)CCOCc1c(C(=O)NN)sc2cccc(F)c12. The second-order valence-electron chi connectivity index (χ2n) is 4.76. The quantitative estimate of drug-likeness (QED) is 0.283. The number of rotatable bonds is 6. The first-order valence-corrected chi connectivity index (χ1v) is 7.29. The zero-order valence-electron chi connectivity index (χ0n) is 11.7. The summed E-state index contributed by atoms with van der Waals surface area (Å²) in [4.78, 5) is 12.2. The number of amides is 1. The summed E-state index contributed by atoms with van der Waals surface area (Å²) in [5.41, 5.74) is 3.64. The van der Waals surface area contributed by atoms with Crippen molar-refractivity contribution in [1.82, 2.24) is 5.43 Å². The van der Waals surface area contributed by atoms with Crippen LogP contribution in [0.25, 0.3) is 10.1 Å². The Balaban J connectivity index is 2.33. The zero-order chi connectivity index (χ0) is 15.4. The predicted molar refractivity (Wildman–Crippen MR) is 82.5 cm³/mol. The fourth-order valence-electron chi connectivity index (χ4n) is 1.97. The molecule has 112 valence electrons. The third-order valence-corrected chi connectivity index (χ3v) is 4.22. The van der Waals surface area contributed by atoms with Crippen LogP contribution >= 0.6 is 11.3 Å². The molecular weight excluding hydrogens is 291 g/mol. The first kappa shape index (κ1) is 15.6.